The smallest absolute Gasteiger partial charge is 0.159 e. The second-order valence-corrected chi connectivity index (χ2v) is 3.27. The predicted molar refractivity (Wildman–Crippen MR) is 51.7 cm³/mol. The minimum Gasteiger partial charge on any atom is -0.329 e. The molecule has 14 heavy (non-hydrogen) atoms. The lowest BCUT2D eigenvalue weighted by molar-refractivity contribution is 0.503. The predicted octanol–water partition coefficient (Wildman–Crippen LogP) is 1.40. The lowest BCUT2D eigenvalue weighted by Gasteiger charge is -2.10. The zero-order valence-corrected chi connectivity index (χ0v) is 8.06. The Morgan fingerprint density at radius 2 is 2.07 bits per heavy atom. The van der Waals surface area contributed by atoms with Crippen LogP contribution in [0.1, 0.15) is 12.5 Å². The molecule has 4 heteroatoms. The molecular weight excluding hydrogens is 186 g/mol. The molecule has 0 spiro atoms. The first kappa shape index (κ1) is 11.1. The molecule has 0 amide bonds. The van der Waals surface area contributed by atoms with Crippen LogP contribution in [0.4, 0.5) is 8.78 Å². The van der Waals surface area contributed by atoms with Crippen molar-refractivity contribution >= 4 is 0 Å². The maximum atomic E-state index is 12.8. The molecule has 1 aromatic carbocycles. The van der Waals surface area contributed by atoms with Crippen LogP contribution >= 0.6 is 0 Å². The minimum absolute atomic E-state index is 0.170. The fraction of sp³-hybridized carbons (Fsp3) is 0.400. The van der Waals surface area contributed by atoms with E-state index in [-0.39, 0.29) is 6.04 Å². The van der Waals surface area contributed by atoms with Crippen LogP contribution in [0.3, 0.4) is 0 Å². The Morgan fingerprint density at radius 3 is 2.64 bits per heavy atom. The van der Waals surface area contributed by atoms with Crippen LogP contribution in [0.25, 0.3) is 0 Å². The van der Waals surface area contributed by atoms with Crippen molar-refractivity contribution in [3.63, 3.8) is 0 Å². The van der Waals surface area contributed by atoms with Gasteiger partial charge in [-0.05, 0) is 24.6 Å². The molecule has 0 bridgehead atoms. The Labute approximate surface area is 82.1 Å². The molecule has 1 atom stereocenters. The Hall–Kier alpha value is -1.00. The Bertz CT molecular complexity index is 302. The molecule has 0 saturated carbocycles. The number of hydrogen-bond acceptors (Lipinski definition) is 2. The summed E-state index contributed by atoms with van der Waals surface area (Å²) in [6.07, 6.45) is 0. The summed E-state index contributed by atoms with van der Waals surface area (Å²) in [4.78, 5) is 0. The van der Waals surface area contributed by atoms with Crippen molar-refractivity contribution in [2.45, 2.75) is 19.5 Å². The van der Waals surface area contributed by atoms with Crippen molar-refractivity contribution in [3.8, 4) is 0 Å². The molecule has 1 aromatic rings. The van der Waals surface area contributed by atoms with E-state index in [1.807, 2.05) is 6.92 Å². The van der Waals surface area contributed by atoms with Gasteiger partial charge in [0.15, 0.2) is 11.6 Å². The summed E-state index contributed by atoms with van der Waals surface area (Å²) in [5, 5.41) is 3.08. The first-order valence-electron chi connectivity index (χ1n) is 4.51. The van der Waals surface area contributed by atoms with Gasteiger partial charge in [0.25, 0.3) is 0 Å². The number of rotatable bonds is 4. The molecule has 1 unspecified atom stereocenters. The number of halogens is 2. The van der Waals surface area contributed by atoms with Crippen LogP contribution < -0.4 is 11.1 Å². The second-order valence-electron chi connectivity index (χ2n) is 3.27. The molecule has 78 valence electrons. The Kier molecular flexibility index (Phi) is 3.98. The summed E-state index contributed by atoms with van der Waals surface area (Å²) in [6.45, 7) is 2.94. The van der Waals surface area contributed by atoms with Crippen molar-refractivity contribution in [1.82, 2.24) is 5.32 Å². The molecule has 0 aliphatic carbocycles. The topological polar surface area (TPSA) is 38.0 Å². The average Bonchev–Trinajstić information content (AvgIpc) is 2.19. The standard InChI is InChI=1S/C10H14F2N2/c1-7(5-13)14-6-8-2-3-9(11)10(12)4-8/h2-4,7,14H,5-6,13H2,1H3. The SMILES string of the molecule is CC(CN)NCc1ccc(F)c(F)c1. The van der Waals surface area contributed by atoms with Gasteiger partial charge in [0.2, 0.25) is 0 Å². The van der Waals surface area contributed by atoms with Crippen LogP contribution in [0.5, 0.6) is 0 Å². The van der Waals surface area contributed by atoms with Gasteiger partial charge >= 0.3 is 0 Å². The third-order valence-electron chi connectivity index (χ3n) is 1.99. The van der Waals surface area contributed by atoms with Gasteiger partial charge in [-0.15, -0.1) is 0 Å². The van der Waals surface area contributed by atoms with Crippen molar-refractivity contribution in [1.29, 1.82) is 0 Å². The van der Waals surface area contributed by atoms with Gasteiger partial charge in [-0.1, -0.05) is 6.07 Å². The molecule has 2 nitrogen and oxygen atoms in total. The van der Waals surface area contributed by atoms with Crippen molar-refractivity contribution in [3.05, 3.63) is 35.4 Å². The lowest BCUT2D eigenvalue weighted by atomic mass is 10.2. The van der Waals surface area contributed by atoms with E-state index in [1.54, 1.807) is 6.07 Å². The highest BCUT2D eigenvalue weighted by atomic mass is 19.2. The van der Waals surface area contributed by atoms with Gasteiger partial charge in [-0.3, -0.25) is 0 Å². The Balaban J connectivity index is 2.55. The Morgan fingerprint density at radius 1 is 1.36 bits per heavy atom. The van der Waals surface area contributed by atoms with E-state index in [9.17, 15) is 8.78 Å². The molecule has 0 fully saturated rings. The fourth-order valence-electron chi connectivity index (χ4n) is 1.03. The summed E-state index contributed by atoms with van der Waals surface area (Å²) < 4.78 is 25.3. The largest absolute Gasteiger partial charge is 0.329 e. The van der Waals surface area contributed by atoms with Gasteiger partial charge in [-0.25, -0.2) is 8.78 Å². The molecule has 0 saturated heterocycles. The van der Waals surface area contributed by atoms with E-state index in [4.69, 9.17) is 5.73 Å². The first-order valence-corrected chi connectivity index (χ1v) is 4.51. The van der Waals surface area contributed by atoms with Crippen LogP contribution in [0.2, 0.25) is 0 Å². The number of hydrogen-bond donors (Lipinski definition) is 2. The average molecular weight is 200 g/mol. The lowest BCUT2D eigenvalue weighted by Crippen LogP contribution is -2.32. The summed E-state index contributed by atoms with van der Waals surface area (Å²) >= 11 is 0. The van der Waals surface area contributed by atoms with E-state index >= 15 is 0 Å². The maximum Gasteiger partial charge on any atom is 0.159 e. The summed E-state index contributed by atoms with van der Waals surface area (Å²) in [6, 6.07) is 4.03. The molecular formula is C10H14F2N2. The zero-order chi connectivity index (χ0) is 10.6. The number of benzene rings is 1. The van der Waals surface area contributed by atoms with Crippen LogP contribution in [-0.2, 0) is 6.54 Å². The monoisotopic (exact) mass is 200 g/mol. The number of nitrogens with two attached hydrogens (primary N) is 1. The third-order valence-corrected chi connectivity index (χ3v) is 1.99. The highest BCUT2D eigenvalue weighted by Gasteiger charge is 2.03. The quantitative estimate of drug-likeness (QED) is 0.771. The third kappa shape index (κ3) is 3.05. The van der Waals surface area contributed by atoms with Crippen molar-refractivity contribution in [2.75, 3.05) is 6.54 Å². The second kappa shape index (κ2) is 5.02. The molecule has 3 N–H and O–H groups in total. The summed E-state index contributed by atoms with van der Waals surface area (Å²) in [7, 11) is 0. The molecule has 1 rings (SSSR count). The van der Waals surface area contributed by atoms with E-state index < -0.39 is 11.6 Å². The summed E-state index contributed by atoms with van der Waals surface area (Å²) in [5.74, 6) is -1.63. The number of nitrogens with one attached hydrogen (secondary N) is 1. The van der Waals surface area contributed by atoms with Gasteiger partial charge in [-0.2, -0.15) is 0 Å². The zero-order valence-electron chi connectivity index (χ0n) is 8.06. The van der Waals surface area contributed by atoms with Gasteiger partial charge in [0.05, 0.1) is 0 Å². The molecule has 0 aliphatic heterocycles. The van der Waals surface area contributed by atoms with Gasteiger partial charge in [0, 0.05) is 19.1 Å². The van der Waals surface area contributed by atoms with Gasteiger partial charge < -0.3 is 11.1 Å². The fourth-order valence-corrected chi connectivity index (χ4v) is 1.03. The van der Waals surface area contributed by atoms with Crippen LogP contribution in [0, 0.1) is 11.6 Å². The maximum absolute atomic E-state index is 12.8. The molecule has 0 heterocycles. The molecule has 0 aromatic heterocycles. The molecule has 0 radical (unpaired) electrons. The van der Waals surface area contributed by atoms with Gasteiger partial charge in [0.1, 0.15) is 0 Å². The summed E-state index contributed by atoms with van der Waals surface area (Å²) in [5.41, 5.74) is 6.11. The normalized spacial score (nSPS) is 12.9. The highest BCUT2D eigenvalue weighted by molar-refractivity contribution is 5.17. The molecule has 0 aliphatic rings. The van der Waals surface area contributed by atoms with Crippen molar-refractivity contribution in [2.24, 2.45) is 5.73 Å². The van der Waals surface area contributed by atoms with E-state index in [1.165, 1.54) is 6.07 Å². The highest BCUT2D eigenvalue weighted by Crippen LogP contribution is 2.08. The van der Waals surface area contributed by atoms with E-state index in [2.05, 4.69) is 5.32 Å². The minimum atomic E-state index is -0.819. The van der Waals surface area contributed by atoms with Crippen molar-refractivity contribution < 1.29 is 8.78 Å². The first-order chi connectivity index (χ1) is 6.63. The van der Waals surface area contributed by atoms with Crippen LogP contribution in [0.15, 0.2) is 18.2 Å². The van der Waals surface area contributed by atoms with E-state index in [0.717, 1.165) is 6.07 Å². The van der Waals surface area contributed by atoms with E-state index in [0.29, 0.717) is 18.7 Å². The van der Waals surface area contributed by atoms with Crippen LogP contribution in [-0.4, -0.2) is 12.6 Å².